The first kappa shape index (κ1) is 19.6. The van der Waals surface area contributed by atoms with Gasteiger partial charge in [0.05, 0.1) is 0 Å². The van der Waals surface area contributed by atoms with Crippen molar-refractivity contribution in [3.05, 3.63) is 59.9 Å². The molecule has 4 rings (SSSR count). The minimum atomic E-state index is -0.0348. The smallest absolute Gasteiger partial charge is 0.217 e. The van der Waals surface area contributed by atoms with Gasteiger partial charge in [0, 0.05) is 42.9 Å². The van der Waals surface area contributed by atoms with Crippen molar-refractivity contribution in [2.24, 2.45) is 0 Å². The minimum Gasteiger partial charge on any atom is -0.291 e. The van der Waals surface area contributed by atoms with Gasteiger partial charge in [0.25, 0.3) is 0 Å². The Kier molecular flexibility index (Phi) is 5.69. The molecule has 1 N–H and O–H groups in total. The van der Waals surface area contributed by atoms with Gasteiger partial charge in [-0.25, -0.2) is 14.8 Å². The van der Waals surface area contributed by atoms with E-state index in [1.165, 1.54) is 0 Å². The van der Waals surface area contributed by atoms with Crippen molar-refractivity contribution in [1.82, 2.24) is 40.4 Å². The molecule has 0 fully saturated rings. The van der Waals surface area contributed by atoms with Crippen molar-refractivity contribution >= 4 is 5.78 Å². The number of carbonyl (C=O) groups is 1. The number of aromatic amines is 1. The van der Waals surface area contributed by atoms with E-state index in [0.29, 0.717) is 24.5 Å². The zero-order valence-corrected chi connectivity index (χ0v) is 16.9. The summed E-state index contributed by atoms with van der Waals surface area (Å²) in [4.78, 5) is 20.7. The second kappa shape index (κ2) is 8.73. The molecule has 0 aliphatic heterocycles. The van der Waals surface area contributed by atoms with Crippen LogP contribution in [0.3, 0.4) is 0 Å². The molecule has 0 aliphatic rings. The lowest BCUT2D eigenvalue weighted by Crippen LogP contribution is -2.06. The average Bonchev–Trinajstić information content (AvgIpc) is 3.45. The molecule has 0 unspecified atom stereocenters. The number of aromatic nitrogens is 8. The Labute approximate surface area is 173 Å². The summed E-state index contributed by atoms with van der Waals surface area (Å²) in [6.45, 7) is 4.64. The first-order valence-corrected chi connectivity index (χ1v) is 9.94. The van der Waals surface area contributed by atoms with Gasteiger partial charge in [0.2, 0.25) is 11.6 Å². The highest BCUT2D eigenvalue weighted by atomic mass is 16.1. The Hall–Kier alpha value is -3.75. The van der Waals surface area contributed by atoms with Crippen LogP contribution in [0.4, 0.5) is 0 Å². The number of pyridine rings is 1. The number of Topliss-reactive ketones (excluding diaryl/α,β-unsaturated/α-hetero) is 1. The van der Waals surface area contributed by atoms with E-state index in [9.17, 15) is 4.79 Å². The molecule has 9 nitrogen and oxygen atoms in total. The Morgan fingerprint density at radius 3 is 2.63 bits per heavy atom. The number of benzene rings is 1. The summed E-state index contributed by atoms with van der Waals surface area (Å²) in [5.74, 6) is 1.67. The third-order valence-corrected chi connectivity index (χ3v) is 4.80. The molecule has 152 valence electrons. The van der Waals surface area contributed by atoms with E-state index in [2.05, 4.69) is 54.7 Å². The second-order valence-electron chi connectivity index (χ2n) is 6.90. The van der Waals surface area contributed by atoms with Crippen LogP contribution in [0.15, 0.2) is 42.7 Å². The zero-order chi connectivity index (χ0) is 20.9. The first-order valence-electron chi connectivity index (χ1n) is 9.94. The molecule has 3 heterocycles. The van der Waals surface area contributed by atoms with E-state index in [4.69, 9.17) is 0 Å². The van der Waals surface area contributed by atoms with Crippen LogP contribution in [-0.4, -0.2) is 46.2 Å². The highest BCUT2D eigenvalue weighted by Crippen LogP contribution is 2.29. The Morgan fingerprint density at radius 2 is 1.93 bits per heavy atom. The highest BCUT2D eigenvalue weighted by molar-refractivity contribution is 5.92. The molecular formula is C21H22N8O. The van der Waals surface area contributed by atoms with Gasteiger partial charge in [-0.2, -0.15) is 0 Å². The largest absolute Gasteiger partial charge is 0.291 e. The molecule has 0 aliphatic carbocycles. The van der Waals surface area contributed by atoms with Gasteiger partial charge in [0.1, 0.15) is 5.82 Å². The van der Waals surface area contributed by atoms with Crippen LogP contribution in [0.5, 0.6) is 0 Å². The van der Waals surface area contributed by atoms with Crippen LogP contribution in [0.2, 0.25) is 0 Å². The summed E-state index contributed by atoms with van der Waals surface area (Å²) >= 11 is 0. The number of hydrogen-bond acceptors (Lipinski definition) is 7. The molecule has 0 saturated carbocycles. The first-order chi connectivity index (χ1) is 14.7. The van der Waals surface area contributed by atoms with Crippen LogP contribution in [0, 0.1) is 0 Å². The Balaban J connectivity index is 1.60. The molecule has 0 atom stereocenters. The molecule has 9 heteroatoms. The number of hydrogen-bond donors (Lipinski definition) is 1. The standard InChI is InChI=1S/C21H22N8O/c1-3-11-29-19(23-21(26-29)18(30)4-2)12-14-5-7-15(8-6-14)17-13-22-10-9-16(17)20-24-27-28-25-20/h5-10,13H,3-4,11-12H2,1-2H3,(H,24,25,27,28). The maximum atomic E-state index is 12.0. The minimum absolute atomic E-state index is 0.0348. The van der Waals surface area contributed by atoms with Crippen molar-refractivity contribution in [3.63, 3.8) is 0 Å². The summed E-state index contributed by atoms with van der Waals surface area (Å²) in [6, 6.07) is 10.1. The molecular weight excluding hydrogens is 380 g/mol. The van der Waals surface area contributed by atoms with E-state index < -0.39 is 0 Å². The van der Waals surface area contributed by atoms with Gasteiger partial charge in [0.15, 0.2) is 5.82 Å². The molecule has 0 radical (unpaired) electrons. The third-order valence-electron chi connectivity index (χ3n) is 4.80. The van der Waals surface area contributed by atoms with Gasteiger partial charge >= 0.3 is 0 Å². The van der Waals surface area contributed by atoms with Crippen molar-refractivity contribution in [1.29, 1.82) is 0 Å². The molecule has 0 amide bonds. The molecule has 4 aromatic rings. The van der Waals surface area contributed by atoms with Crippen molar-refractivity contribution in [3.8, 4) is 22.5 Å². The fourth-order valence-corrected chi connectivity index (χ4v) is 3.26. The lowest BCUT2D eigenvalue weighted by Gasteiger charge is -2.08. The normalized spacial score (nSPS) is 11.0. The van der Waals surface area contributed by atoms with Crippen LogP contribution in [-0.2, 0) is 13.0 Å². The number of nitrogens with zero attached hydrogens (tertiary/aromatic N) is 7. The summed E-state index contributed by atoms with van der Waals surface area (Å²) in [5, 5.41) is 18.5. The monoisotopic (exact) mass is 402 g/mol. The fourth-order valence-electron chi connectivity index (χ4n) is 3.26. The number of nitrogens with one attached hydrogen (secondary N) is 1. The Bertz CT molecular complexity index is 1130. The third kappa shape index (κ3) is 4.00. The van der Waals surface area contributed by atoms with Crippen LogP contribution >= 0.6 is 0 Å². The van der Waals surface area contributed by atoms with Gasteiger partial charge in [-0.15, -0.1) is 10.2 Å². The molecule has 0 saturated heterocycles. The van der Waals surface area contributed by atoms with Crippen molar-refractivity contribution < 1.29 is 4.79 Å². The van der Waals surface area contributed by atoms with Crippen LogP contribution in [0.1, 0.15) is 48.7 Å². The maximum Gasteiger partial charge on any atom is 0.217 e. The Morgan fingerprint density at radius 1 is 1.10 bits per heavy atom. The van der Waals surface area contributed by atoms with Gasteiger partial charge < -0.3 is 0 Å². The number of rotatable bonds is 8. The number of carbonyl (C=O) groups excluding carboxylic acids is 1. The lowest BCUT2D eigenvalue weighted by molar-refractivity contribution is 0.0978. The van der Waals surface area contributed by atoms with Gasteiger partial charge in [-0.1, -0.05) is 38.1 Å². The highest BCUT2D eigenvalue weighted by Gasteiger charge is 2.15. The van der Waals surface area contributed by atoms with E-state index in [1.807, 2.05) is 29.8 Å². The summed E-state index contributed by atoms with van der Waals surface area (Å²) in [5.41, 5.74) is 3.92. The molecule has 3 aromatic heterocycles. The van der Waals surface area contributed by atoms with Crippen LogP contribution in [0.25, 0.3) is 22.5 Å². The summed E-state index contributed by atoms with van der Waals surface area (Å²) < 4.78 is 1.84. The predicted octanol–water partition coefficient (Wildman–Crippen LogP) is 3.11. The number of ketones is 1. The van der Waals surface area contributed by atoms with E-state index in [0.717, 1.165) is 41.0 Å². The van der Waals surface area contributed by atoms with Gasteiger partial charge in [-0.3, -0.25) is 9.78 Å². The zero-order valence-electron chi connectivity index (χ0n) is 16.9. The second-order valence-corrected chi connectivity index (χ2v) is 6.90. The van der Waals surface area contributed by atoms with E-state index in [1.54, 1.807) is 12.4 Å². The number of aryl methyl sites for hydroxylation is 1. The van der Waals surface area contributed by atoms with E-state index >= 15 is 0 Å². The quantitative estimate of drug-likeness (QED) is 0.450. The van der Waals surface area contributed by atoms with Crippen molar-refractivity contribution in [2.75, 3.05) is 0 Å². The fraction of sp³-hybridized carbons (Fsp3) is 0.286. The lowest BCUT2D eigenvalue weighted by atomic mass is 9.99. The summed E-state index contributed by atoms with van der Waals surface area (Å²) in [6.07, 6.45) is 5.45. The van der Waals surface area contributed by atoms with Crippen molar-refractivity contribution in [2.45, 2.75) is 39.7 Å². The number of tetrazole rings is 1. The predicted molar refractivity (Wildman–Crippen MR) is 111 cm³/mol. The maximum absolute atomic E-state index is 12.0. The van der Waals surface area contributed by atoms with Crippen LogP contribution < -0.4 is 0 Å². The molecule has 0 bridgehead atoms. The average molecular weight is 402 g/mol. The van der Waals surface area contributed by atoms with E-state index in [-0.39, 0.29) is 5.78 Å². The molecule has 1 aromatic carbocycles. The van der Waals surface area contributed by atoms with Gasteiger partial charge in [-0.05, 0) is 34.0 Å². The SMILES string of the molecule is CCCn1nc(C(=O)CC)nc1Cc1ccc(-c2cnccc2-c2nnn[nH]2)cc1. The molecule has 30 heavy (non-hydrogen) atoms. The number of H-pyrrole nitrogens is 1. The topological polar surface area (TPSA) is 115 Å². The molecule has 0 spiro atoms. The summed E-state index contributed by atoms with van der Waals surface area (Å²) in [7, 11) is 0.